The van der Waals surface area contributed by atoms with Crippen molar-refractivity contribution in [2.24, 2.45) is 0 Å². The molecule has 5 heteroatoms. The fraction of sp³-hybridized carbons (Fsp3) is 0.538. The molecule has 0 spiro atoms. The third kappa shape index (κ3) is 2.10. The summed E-state index contributed by atoms with van der Waals surface area (Å²) in [6.45, 7) is 1.92. The predicted octanol–water partition coefficient (Wildman–Crippen LogP) is 3.17. The molecule has 0 aromatic heterocycles. The summed E-state index contributed by atoms with van der Waals surface area (Å²) in [5.74, 6) is 0.883. The minimum Gasteiger partial charge on any atom is -0.486 e. The van der Waals surface area contributed by atoms with Crippen molar-refractivity contribution in [3.05, 3.63) is 21.9 Å². The lowest BCUT2D eigenvalue weighted by Crippen LogP contribution is -2.28. The van der Waals surface area contributed by atoms with Crippen LogP contribution in [0.1, 0.15) is 30.9 Å². The molecule has 0 bridgehead atoms. The van der Waals surface area contributed by atoms with Gasteiger partial charge in [-0.25, -0.2) is 4.39 Å². The van der Waals surface area contributed by atoms with Gasteiger partial charge in [0.1, 0.15) is 19.0 Å². The van der Waals surface area contributed by atoms with E-state index in [9.17, 15) is 4.39 Å². The summed E-state index contributed by atoms with van der Waals surface area (Å²) in [4.78, 5) is 0. The Labute approximate surface area is 114 Å². The Morgan fingerprint density at radius 2 is 2.11 bits per heavy atom. The van der Waals surface area contributed by atoms with Crippen molar-refractivity contribution in [2.75, 3.05) is 19.8 Å². The molecule has 98 valence electrons. The summed E-state index contributed by atoms with van der Waals surface area (Å²) in [7, 11) is 0. The van der Waals surface area contributed by atoms with E-state index in [4.69, 9.17) is 9.47 Å². The van der Waals surface area contributed by atoms with Gasteiger partial charge in [0.2, 0.25) is 0 Å². The normalized spacial score (nSPS) is 22.9. The Bertz CT molecular complexity index is 461. The second-order valence-electron chi connectivity index (χ2n) is 4.62. The van der Waals surface area contributed by atoms with Crippen molar-refractivity contribution >= 4 is 15.9 Å². The number of hydrogen-bond donors (Lipinski definition) is 1. The van der Waals surface area contributed by atoms with Gasteiger partial charge in [-0.15, -0.1) is 0 Å². The maximum absolute atomic E-state index is 14.4. The smallest absolute Gasteiger partial charge is 0.178 e. The molecule has 18 heavy (non-hydrogen) atoms. The van der Waals surface area contributed by atoms with Gasteiger partial charge >= 0.3 is 0 Å². The molecule has 2 aliphatic heterocycles. The molecule has 2 heterocycles. The minimum absolute atomic E-state index is 0.0749. The molecule has 1 fully saturated rings. The van der Waals surface area contributed by atoms with Crippen LogP contribution in [0.2, 0.25) is 0 Å². The van der Waals surface area contributed by atoms with Gasteiger partial charge < -0.3 is 14.8 Å². The Morgan fingerprint density at radius 1 is 1.28 bits per heavy atom. The first-order chi connectivity index (χ1) is 8.77. The number of hydrogen-bond acceptors (Lipinski definition) is 3. The molecule has 1 atom stereocenters. The molecule has 3 rings (SSSR count). The highest BCUT2D eigenvalue weighted by molar-refractivity contribution is 9.10. The van der Waals surface area contributed by atoms with Crippen LogP contribution in [-0.4, -0.2) is 19.8 Å². The molecule has 2 aliphatic rings. The molecular formula is C13H15BrFNO2. The Kier molecular flexibility index (Phi) is 3.43. The number of fused-ring (bicyclic) bond motifs is 1. The van der Waals surface area contributed by atoms with E-state index in [2.05, 4.69) is 21.2 Å². The van der Waals surface area contributed by atoms with Crippen molar-refractivity contribution in [3.8, 4) is 11.5 Å². The molecule has 1 saturated heterocycles. The fourth-order valence-electron chi connectivity index (χ4n) is 2.51. The number of halogens is 2. The molecule has 0 saturated carbocycles. The van der Waals surface area contributed by atoms with E-state index in [0.29, 0.717) is 34.7 Å². The second kappa shape index (κ2) is 5.05. The minimum atomic E-state index is -0.237. The van der Waals surface area contributed by atoms with E-state index < -0.39 is 0 Å². The van der Waals surface area contributed by atoms with Crippen LogP contribution in [0.4, 0.5) is 4.39 Å². The van der Waals surface area contributed by atoms with Gasteiger partial charge in [0.25, 0.3) is 0 Å². The first-order valence-corrected chi connectivity index (χ1v) is 7.07. The number of ether oxygens (including phenoxy) is 2. The van der Waals surface area contributed by atoms with Gasteiger partial charge in [0.15, 0.2) is 11.5 Å². The monoisotopic (exact) mass is 315 g/mol. The topological polar surface area (TPSA) is 30.5 Å². The number of benzene rings is 1. The summed E-state index contributed by atoms with van der Waals surface area (Å²) in [6.07, 6.45) is 3.25. The predicted molar refractivity (Wildman–Crippen MR) is 69.7 cm³/mol. The average Bonchev–Trinajstić information content (AvgIpc) is 2.44. The van der Waals surface area contributed by atoms with Crippen molar-refractivity contribution in [2.45, 2.75) is 25.3 Å². The molecule has 0 amide bonds. The zero-order valence-corrected chi connectivity index (χ0v) is 11.6. The highest BCUT2D eigenvalue weighted by Crippen LogP contribution is 2.43. The largest absolute Gasteiger partial charge is 0.486 e. The van der Waals surface area contributed by atoms with Crippen LogP contribution in [0.25, 0.3) is 0 Å². The second-order valence-corrected chi connectivity index (χ2v) is 5.41. The lowest BCUT2D eigenvalue weighted by Gasteiger charge is -2.27. The van der Waals surface area contributed by atoms with Crippen molar-refractivity contribution < 1.29 is 13.9 Å². The number of piperidine rings is 1. The van der Waals surface area contributed by atoms with Crippen LogP contribution in [-0.2, 0) is 0 Å². The van der Waals surface area contributed by atoms with Crippen LogP contribution in [0.15, 0.2) is 10.5 Å². The van der Waals surface area contributed by atoms with E-state index in [1.165, 1.54) is 0 Å². The quantitative estimate of drug-likeness (QED) is 0.863. The van der Waals surface area contributed by atoms with Crippen LogP contribution in [0.3, 0.4) is 0 Å². The molecule has 0 radical (unpaired) electrons. The van der Waals surface area contributed by atoms with E-state index in [0.717, 1.165) is 25.8 Å². The maximum Gasteiger partial charge on any atom is 0.178 e. The molecular weight excluding hydrogens is 301 g/mol. The SMILES string of the molecule is Fc1c(C2CCCCN2)cc2c(c1Br)OCCO2. The number of rotatable bonds is 1. The Morgan fingerprint density at radius 3 is 2.89 bits per heavy atom. The first-order valence-electron chi connectivity index (χ1n) is 6.28. The summed E-state index contributed by atoms with van der Waals surface area (Å²) in [5, 5.41) is 3.35. The summed E-state index contributed by atoms with van der Waals surface area (Å²) >= 11 is 3.28. The van der Waals surface area contributed by atoms with Crippen molar-refractivity contribution in [1.29, 1.82) is 0 Å². The van der Waals surface area contributed by atoms with Gasteiger partial charge in [-0.3, -0.25) is 0 Å². The van der Waals surface area contributed by atoms with E-state index in [-0.39, 0.29) is 11.9 Å². The van der Waals surface area contributed by atoms with Crippen molar-refractivity contribution in [1.82, 2.24) is 5.32 Å². The third-order valence-electron chi connectivity index (χ3n) is 3.43. The molecule has 1 aromatic rings. The highest BCUT2D eigenvalue weighted by Gasteiger charge is 2.26. The molecule has 1 N–H and O–H groups in total. The number of nitrogens with one attached hydrogen (secondary N) is 1. The summed E-state index contributed by atoms with van der Waals surface area (Å²) < 4.78 is 25.7. The standard InChI is InChI=1S/C13H15BrFNO2/c14-11-12(15)8(9-3-1-2-4-16-9)7-10-13(11)18-6-5-17-10/h7,9,16H,1-6H2. The molecule has 1 unspecified atom stereocenters. The van der Waals surface area contributed by atoms with Gasteiger partial charge in [0, 0.05) is 11.6 Å². The fourth-order valence-corrected chi connectivity index (χ4v) is 3.05. The van der Waals surface area contributed by atoms with E-state index >= 15 is 0 Å². The molecule has 1 aromatic carbocycles. The third-order valence-corrected chi connectivity index (χ3v) is 4.14. The van der Waals surface area contributed by atoms with Gasteiger partial charge in [-0.1, -0.05) is 6.42 Å². The van der Waals surface area contributed by atoms with Crippen LogP contribution < -0.4 is 14.8 Å². The lowest BCUT2D eigenvalue weighted by molar-refractivity contribution is 0.168. The maximum atomic E-state index is 14.4. The zero-order chi connectivity index (χ0) is 12.5. The Balaban J connectivity index is 2.01. The van der Waals surface area contributed by atoms with Gasteiger partial charge in [-0.05, 0) is 41.4 Å². The van der Waals surface area contributed by atoms with E-state index in [1.807, 2.05) is 0 Å². The summed E-state index contributed by atoms with van der Waals surface area (Å²) in [6, 6.07) is 1.85. The van der Waals surface area contributed by atoms with Crippen LogP contribution >= 0.6 is 15.9 Å². The van der Waals surface area contributed by atoms with E-state index in [1.54, 1.807) is 6.07 Å². The van der Waals surface area contributed by atoms with Gasteiger partial charge in [-0.2, -0.15) is 0 Å². The van der Waals surface area contributed by atoms with Crippen LogP contribution in [0, 0.1) is 5.82 Å². The highest BCUT2D eigenvalue weighted by atomic mass is 79.9. The first kappa shape index (κ1) is 12.2. The average molecular weight is 316 g/mol. The lowest BCUT2D eigenvalue weighted by atomic mass is 9.96. The van der Waals surface area contributed by atoms with Crippen molar-refractivity contribution in [3.63, 3.8) is 0 Å². The Hall–Kier alpha value is -0.810. The van der Waals surface area contributed by atoms with Crippen LogP contribution in [0.5, 0.6) is 11.5 Å². The molecule has 0 aliphatic carbocycles. The molecule has 3 nitrogen and oxygen atoms in total. The summed E-state index contributed by atoms with van der Waals surface area (Å²) in [5.41, 5.74) is 0.672. The zero-order valence-electron chi connectivity index (χ0n) is 9.97. The van der Waals surface area contributed by atoms with Gasteiger partial charge in [0.05, 0.1) is 4.47 Å².